The van der Waals surface area contributed by atoms with Gasteiger partial charge in [-0.1, -0.05) is 59.9 Å². The molecule has 7 heteroatoms. The van der Waals surface area contributed by atoms with Gasteiger partial charge in [0, 0.05) is 10.9 Å². The number of aryl methyl sites for hydroxylation is 1. The smallest absolute Gasteiger partial charge is 0.350 e. The first-order valence-electron chi connectivity index (χ1n) is 9.31. The van der Waals surface area contributed by atoms with Crippen LogP contribution in [0.5, 0.6) is 0 Å². The van der Waals surface area contributed by atoms with E-state index in [9.17, 15) is 9.59 Å². The predicted molar refractivity (Wildman–Crippen MR) is 118 cm³/mol. The largest absolute Gasteiger partial charge is 0.465 e. The molecule has 4 aromatic rings. The second-order valence-corrected chi connectivity index (χ2v) is 7.72. The standard InChI is InChI=1S/C23H19N3O3S/c1-13-18(21(27)26-23-24-14(2)20(30-23)22(28)29-3)16-11-7-8-12-17(16)25-19(13)15-9-5-4-6-10-15/h4-12H,1-3H3,(H,24,26,27). The van der Waals surface area contributed by atoms with Crippen LogP contribution in [0.25, 0.3) is 22.2 Å². The lowest BCUT2D eigenvalue weighted by atomic mass is 9.97. The highest BCUT2D eigenvalue weighted by atomic mass is 32.1. The molecular formula is C23H19N3O3S. The van der Waals surface area contributed by atoms with Gasteiger partial charge in [-0.2, -0.15) is 0 Å². The lowest BCUT2D eigenvalue weighted by Crippen LogP contribution is -2.15. The summed E-state index contributed by atoms with van der Waals surface area (Å²) in [6.07, 6.45) is 0. The maximum atomic E-state index is 13.3. The van der Waals surface area contributed by atoms with Gasteiger partial charge in [0.1, 0.15) is 4.88 Å². The van der Waals surface area contributed by atoms with Crippen LogP contribution in [0.4, 0.5) is 5.13 Å². The van der Waals surface area contributed by atoms with Crippen LogP contribution in [0.15, 0.2) is 54.6 Å². The second-order valence-electron chi connectivity index (χ2n) is 6.72. The number of aromatic nitrogens is 2. The van der Waals surface area contributed by atoms with Crippen LogP contribution in [-0.4, -0.2) is 29.0 Å². The van der Waals surface area contributed by atoms with Crippen LogP contribution in [0.1, 0.15) is 31.3 Å². The Kier molecular flexibility index (Phi) is 5.29. The van der Waals surface area contributed by atoms with Gasteiger partial charge in [-0.25, -0.2) is 14.8 Å². The van der Waals surface area contributed by atoms with Gasteiger partial charge in [-0.15, -0.1) is 0 Å². The number of benzene rings is 2. The monoisotopic (exact) mass is 417 g/mol. The molecule has 0 spiro atoms. The number of esters is 1. The van der Waals surface area contributed by atoms with E-state index in [1.807, 2.05) is 61.5 Å². The van der Waals surface area contributed by atoms with E-state index in [0.717, 1.165) is 39.1 Å². The number of fused-ring (bicyclic) bond motifs is 1. The molecule has 0 radical (unpaired) electrons. The van der Waals surface area contributed by atoms with Crippen molar-refractivity contribution in [3.63, 3.8) is 0 Å². The Balaban J connectivity index is 1.81. The van der Waals surface area contributed by atoms with E-state index in [1.165, 1.54) is 7.11 Å². The molecule has 0 saturated carbocycles. The quantitative estimate of drug-likeness (QED) is 0.472. The third-order valence-electron chi connectivity index (χ3n) is 4.80. The van der Waals surface area contributed by atoms with Crippen molar-refractivity contribution in [3.8, 4) is 11.3 Å². The molecule has 30 heavy (non-hydrogen) atoms. The van der Waals surface area contributed by atoms with Crippen molar-refractivity contribution in [2.45, 2.75) is 13.8 Å². The van der Waals surface area contributed by atoms with Crippen LogP contribution in [-0.2, 0) is 4.74 Å². The number of anilines is 1. The Labute approximate surface area is 177 Å². The molecule has 1 amide bonds. The number of para-hydroxylation sites is 1. The molecule has 0 aliphatic rings. The Morgan fingerprint density at radius 1 is 0.967 bits per heavy atom. The minimum Gasteiger partial charge on any atom is -0.465 e. The number of nitrogens with one attached hydrogen (secondary N) is 1. The van der Waals surface area contributed by atoms with E-state index in [-0.39, 0.29) is 5.91 Å². The molecule has 0 aliphatic heterocycles. The van der Waals surface area contributed by atoms with E-state index >= 15 is 0 Å². The fraction of sp³-hybridized carbons (Fsp3) is 0.130. The molecule has 0 saturated heterocycles. The molecule has 150 valence electrons. The number of carbonyl (C=O) groups is 2. The summed E-state index contributed by atoms with van der Waals surface area (Å²) in [5, 5.41) is 3.95. The summed E-state index contributed by atoms with van der Waals surface area (Å²) < 4.78 is 4.77. The first kappa shape index (κ1) is 19.7. The van der Waals surface area contributed by atoms with Crippen LogP contribution in [0, 0.1) is 13.8 Å². The predicted octanol–water partition coefficient (Wildman–Crippen LogP) is 5.01. The third kappa shape index (κ3) is 3.55. The van der Waals surface area contributed by atoms with Crippen molar-refractivity contribution in [2.75, 3.05) is 12.4 Å². The Morgan fingerprint density at radius 2 is 1.67 bits per heavy atom. The lowest BCUT2D eigenvalue weighted by Gasteiger charge is -2.14. The average molecular weight is 417 g/mol. The molecule has 0 fully saturated rings. The van der Waals surface area contributed by atoms with Crippen LogP contribution < -0.4 is 5.32 Å². The average Bonchev–Trinajstić information content (AvgIpc) is 3.13. The second kappa shape index (κ2) is 8.04. The fourth-order valence-corrected chi connectivity index (χ4v) is 4.25. The number of ether oxygens (including phenoxy) is 1. The van der Waals surface area contributed by atoms with Gasteiger partial charge in [0.05, 0.1) is 29.6 Å². The summed E-state index contributed by atoms with van der Waals surface area (Å²) in [6, 6.07) is 17.3. The first-order valence-corrected chi connectivity index (χ1v) is 10.1. The minimum atomic E-state index is -0.470. The van der Waals surface area contributed by atoms with Crippen molar-refractivity contribution in [1.82, 2.24) is 9.97 Å². The summed E-state index contributed by atoms with van der Waals surface area (Å²) in [5.74, 6) is -0.768. The normalized spacial score (nSPS) is 10.8. The van der Waals surface area contributed by atoms with Gasteiger partial charge in [0.2, 0.25) is 0 Å². The van der Waals surface area contributed by atoms with E-state index in [4.69, 9.17) is 9.72 Å². The van der Waals surface area contributed by atoms with Crippen LogP contribution in [0.2, 0.25) is 0 Å². The molecule has 2 aromatic heterocycles. The fourth-order valence-electron chi connectivity index (χ4n) is 3.37. The number of hydrogen-bond acceptors (Lipinski definition) is 6. The number of thiazole rings is 1. The van der Waals surface area contributed by atoms with Crippen molar-refractivity contribution < 1.29 is 14.3 Å². The number of nitrogens with zero attached hydrogens (tertiary/aromatic N) is 2. The van der Waals surface area contributed by atoms with Crippen molar-refractivity contribution >= 4 is 39.2 Å². The number of rotatable bonds is 4. The van der Waals surface area contributed by atoms with Gasteiger partial charge < -0.3 is 4.74 Å². The highest BCUT2D eigenvalue weighted by Crippen LogP contribution is 2.31. The van der Waals surface area contributed by atoms with Crippen LogP contribution >= 0.6 is 11.3 Å². The van der Waals surface area contributed by atoms with Gasteiger partial charge in [-0.3, -0.25) is 10.1 Å². The molecule has 2 heterocycles. The molecule has 4 rings (SSSR count). The first-order chi connectivity index (χ1) is 14.5. The number of hydrogen-bond donors (Lipinski definition) is 1. The number of amides is 1. The van der Waals surface area contributed by atoms with Gasteiger partial charge in [-0.05, 0) is 25.5 Å². The molecular weight excluding hydrogens is 398 g/mol. The highest BCUT2D eigenvalue weighted by molar-refractivity contribution is 7.17. The Hall–Kier alpha value is -3.58. The minimum absolute atomic E-state index is 0.298. The number of carbonyl (C=O) groups excluding carboxylic acids is 2. The maximum Gasteiger partial charge on any atom is 0.350 e. The molecule has 0 aliphatic carbocycles. The summed E-state index contributed by atoms with van der Waals surface area (Å²) in [5.41, 5.74) is 4.25. The zero-order valence-electron chi connectivity index (χ0n) is 16.7. The maximum absolute atomic E-state index is 13.3. The molecule has 0 unspecified atom stereocenters. The molecule has 2 aromatic carbocycles. The van der Waals surface area contributed by atoms with Crippen molar-refractivity contribution in [2.24, 2.45) is 0 Å². The summed E-state index contributed by atoms with van der Waals surface area (Å²) >= 11 is 1.09. The summed E-state index contributed by atoms with van der Waals surface area (Å²) in [7, 11) is 1.32. The zero-order valence-corrected chi connectivity index (χ0v) is 17.5. The molecule has 6 nitrogen and oxygen atoms in total. The molecule has 0 atom stereocenters. The lowest BCUT2D eigenvalue weighted by molar-refractivity contribution is 0.0605. The van der Waals surface area contributed by atoms with E-state index in [0.29, 0.717) is 21.3 Å². The summed E-state index contributed by atoms with van der Waals surface area (Å²) in [4.78, 5) is 34.6. The topological polar surface area (TPSA) is 81.2 Å². The summed E-state index contributed by atoms with van der Waals surface area (Å²) in [6.45, 7) is 3.60. The third-order valence-corrected chi connectivity index (χ3v) is 5.85. The number of pyridine rings is 1. The van der Waals surface area contributed by atoms with Crippen molar-refractivity contribution in [3.05, 3.63) is 76.3 Å². The Bertz CT molecular complexity index is 1270. The molecule has 1 N–H and O–H groups in total. The van der Waals surface area contributed by atoms with Gasteiger partial charge >= 0.3 is 5.97 Å². The van der Waals surface area contributed by atoms with E-state index in [2.05, 4.69) is 10.3 Å². The van der Waals surface area contributed by atoms with E-state index < -0.39 is 5.97 Å². The van der Waals surface area contributed by atoms with Crippen LogP contribution in [0.3, 0.4) is 0 Å². The number of methoxy groups -OCH3 is 1. The highest BCUT2D eigenvalue weighted by Gasteiger charge is 2.21. The van der Waals surface area contributed by atoms with Crippen molar-refractivity contribution in [1.29, 1.82) is 0 Å². The Morgan fingerprint density at radius 3 is 2.40 bits per heavy atom. The van der Waals surface area contributed by atoms with Gasteiger partial charge in [0.15, 0.2) is 5.13 Å². The SMILES string of the molecule is COC(=O)c1sc(NC(=O)c2c(C)c(-c3ccccc3)nc3ccccc23)nc1C. The van der Waals surface area contributed by atoms with Gasteiger partial charge in [0.25, 0.3) is 5.91 Å². The van der Waals surface area contributed by atoms with E-state index in [1.54, 1.807) is 6.92 Å². The zero-order chi connectivity index (χ0) is 21.3. The molecule has 0 bridgehead atoms.